The molecular formula is C14H17N5O3. The number of nitrogens with zero attached hydrogens (tertiary/aromatic N) is 4. The third-order valence-electron chi connectivity index (χ3n) is 3.51. The predicted octanol–water partition coefficient (Wildman–Crippen LogP) is 0.891. The zero-order valence-corrected chi connectivity index (χ0v) is 12.3. The molecule has 22 heavy (non-hydrogen) atoms. The summed E-state index contributed by atoms with van der Waals surface area (Å²) in [6, 6.07) is 5.66. The normalized spacial score (nSPS) is 13.4. The summed E-state index contributed by atoms with van der Waals surface area (Å²) < 4.78 is 1.46. The molecule has 2 unspecified atom stereocenters. The summed E-state index contributed by atoms with van der Waals surface area (Å²) in [7, 11) is 0. The van der Waals surface area contributed by atoms with Crippen molar-refractivity contribution < 1.29 is 14.7 Å². The fourth-order valence-electron chi connectivity index (χ4n) is 1.95. The van der Waals surface area contributed by atoms with Crippen LogP contribution in [0, 0.1) is 5.92 Å². The standard InChI is InChI=1S/C14H17N5O3/c1-3-9(2)12(14(21)22)16-13(20)10-4-6-11(7-5-10)19-8-15-17-18-19/h4-9,12H,3H2,1-2H3,(H,16,20)(H,21,22). The van der Waals surface area contributed by atoms with Crippen LogP contribution in [-0.4, -0.2) is 43.2 Å². The van der Waals surface area contributed by atoms with Gasteiger partial charge in [-0.1, -0.05) is 20.3 Å². The van der Waals surface area contributed by atoms with Crippen molar-refractivity contribution in [1.82, 2.24) is 25.5 Å². The van der Waals surface area contributed by atoms with E-state index in [-0.39, 0.29) is 5.92 Å². The van der Waals surface area contributed by atoms with Crippen LogP contribution in [0.15, 0.2) is 30.6 Å². The van der Waals surface area contributed by atoms with Gasteiger partial charge in [0.15, 0.2) is 0 Å². The van der Waals surface area contributed by atoms with Crippen LogP contribution in [0.2, 0.25) is 0 Å². The minimum absolute atomic E-state index is 0.151. The van der Waals surface area contributed by atoms with Gasteiger partial charge < -0.3 is 10.4 Å². The molecule has 0 fully saturated rings. The molecule has 1 aromatic heterocycles. The van der Waals surface area contributed by atoms with Gasteiger partial charge in [-0.05, 0) is 40.6 Å². The van der Waals surface area contributed by atoms with E-state index in [1.54, 1.807) is 31.2 Å². The first-order valence-electron chi connectivity index (χ1n) is 6.90. The molecule has 0 saturated heterocycles. The lowest BCUT2D eigenvalue weighted by atomic mass is 9.99. The number of hydrogen-bond acceptors (Lipinski definition) is 5. The van der Waals surface area contributed by atoms with Crippen molar-refractivity contribution in [3.05, 3.63) is 36.2 Å². The van der Waals surface area contributed by atoms with E-state index in [1.165, 1.54) is 11.0 Å². The van der Waals surface area contributed by atoms with Gasteiger partial charge in [0.2, 0.25) is 0 Å². The Kier molecular flexibility index (Phi) is 4.82. The first-order chi connectivity index (χ1) is 10.5. The highest BCUT2D eigenvalue weighted by Gasteiger charge is 2.25. The molecule has 2 N–H and O–H groups in total. The van der Waals surface area contributed by atoms with Crippen molar-refractivity contribution in [2.24, 2.45) is 5.92 Å². The zero-order valence-electron chi connectivity index (χ0n) is 12.3. The topological polar surface area (TPSA) is 110 Å². The van der Waals surface area contributed by atoms with Gasteiger partial charge in [0.05, 0.1) is 5.69 Å². The van der Waals surface area contributed by atoms with E-state index in [4.69, 9.17) is 0 Å². The van der Waals surface area contributed by atoms with Crippen molar-refractivity contribution in [1.29, 1.82) is 0 Å². The van der Waals surface area contributed by atoms with E-state index in [0.29, 0.717) is 17.7 Å². The van der Waals surface area contributed by atoms with E-state index < -0.39 is 17.9 Å². The highest BCUT2D eigenvalue weighted by atomic mass is 16.4. The molecule has 2 aromatic rings. The van der Waals surface area contributed by atoms with Crippen LogP contribution in [0.3, 0.4) is 0 Å². The predicted molar refractivity (Wildman–Crippen MR) is 77.5 cm³/mol. The third kappa shape index (κ3) is 3.46. The molecule has 2 atom stereocenters. The van der Waals surface area contributed by atoms with Crippen molar-refractivity contribution in [3.8, 4) is 5.69 Å². The maximum atomic E-state index is 12.2. The van der Waals surface area contributed by atoms with Crippen molar-refractivity contribution in [2.75, 3.05) is 0 Å². The Labute approximate surface area is 127 Å². The molecule has 1 amide bonds. The lowest BCUT2D eigenvalue weighted by molar-refractivity contribution is -0.140. The molecule has 0 bridgehead atoms. The number of hydrogen-bond donors (Lipinski definition) is 2. The maximum absolute atomic E-state index is 12.2. The summed E-state index contributed by atoms with van der Waals surface area (Å²) in [5.41, 5.74) is 1.09. The lowest BCUT2D eigenvalue weighted by Gasteiger charge is -2.20. The summed E-state index contributed by atoms with van der Waals surface area (Å²) >= 11 is 0. The van der Waals surface area contributed by atoms with Gasteiger partial charge >= 0.3 is 5.97 Å². The largest absolute Gasteiger partial charge is 0.480 e. The molecule has 2 rings (SSSR count). The number of aromatic nitrogens is 4. The second-order valence-corrected chi connectivity index (χ2v) is 4.98. The monoisotopic (exact) mass is 303 g/mol. The Morgan fingerprint density at radius 3 is 2.50 bits per heavy atom. The first kappa shape index (κ1) is 15.6. The molecule has 1 heterocycles. The fraction of sp³-hybridized carbons (Fsp3) is 0.357. The summed E-state index contributed by atoms with van der Waals surface area (Å²) in [5.74, 6) is -1.61. The molecule has 1 aromatic carbocycles. The first-order valence-corrected chi connectivity index (χ1v) is 6.90. The van der Waals surface area contributed by atoms with E-state index >= 15 is 0 Å². The molecule has 8 nitrogen and oxygen atoms in total. The minimum atomic E-state index is -1.03. The Bertz CT molecular complexity index is 639. The van der Waals surface area contributed by atoms with E-state index in [1.807, 2.05) is 6.92 Å². The molecule has 0 aliphatic heterocycles. The number of carboxylic acid groups (broad SMARTS) is 1. The average Bonchev–Trinajstić information content (AvgIpc) is 3.06. The molecule has 8 heteroatoms. The smallest absolute Gasteiger partial charge is 0.326 e. The average molecular weight is 303 g/mol. The fourth-order valence-corrected chi connectivity index (χ4v) is 1.95. The van der Waals surface area contributed by atoms with Gasteiger partial charge in [-0.2, -0.15) is 0 Å². The third-order valence-corrected chi connectivity index (χ3v) is 3.51. The number of carbonyl (C=O) groups excluding carboxylic acids is 1. The number of tetrazole rings is 1. The highest BCUT2D eigenvalue weighted by Crippen LogP contribution is 2.11. The maximum Gasteiger partial charge on any atom is 0.326 e. The van der Waals surface area contributed by atoms with Gasteiger partial charge in [0, 0.05) is 5.56 Å². The number of carboxylic acids is 1. The molecule has 0 spiro atoms. The van der Waals surface area contributed by atoms with Gasteiger partial charge in [-0.15, -0.1) is 5.10 Å². The SMILES string of the molecule is CCC(C)C(NC(=O)c1ccc(-n2cnnn2)cc1)C(=O)O. The van der Waals surface area contributed by atoms with Crippen molar-refractivity contribution in [3.63, 3.8) is 0 Å². The van der Waals surface area contributed by atoms with Crippen LogP contribution in [0.25, 0.3) is 5.69 Å². The van der Waals surface area contributed by atoms with E-state index in [0.717, 1.165) is 0 Å². The van der Waals surface area contributed by atoms with E-state index in [2.05, 4.69) is 20.8 Å². The van der Waals surface area contributed by atoms with Gasteiger partial charge in [-0.3, -0.25) is 4.79 Å². The Morgan fingerprint density at radius 2 is 2.00 bits per heavy atom. The van der Waals surface area contributed by atoms with E-state index in [9.17, 15) is 14.7 Å². The molecule has 0 radical (unpaired) electrons. The second-order valence-electron chi connectivity index (χ2n) is 4.98. The quantitative estimate of drug-likeness (QED) is 0.820. The van der Waals surface area contributed by atoms with Crippen LogP contribution < -0.4 is 5.32 Å². The van der Waals surface area contributed by atoms with Crippen LogP contribution in [0.1, 0.15) is 30.6 Å². The minimum Gasteiger partial charge on any atom is -0.480 e. The molecule has 0 aliphatic carbocycles. The zero-order chi connectivity index (χ0) is 16.1. The molecule has 0 saturated carbocycles. The number of benzene rings is 1. The summed E-state index contributed by atoms with van der Waals surface area (Å²) in [6.45, 7) is 3.67. The van der Waals surface area contributed by atoms with Gasteiger partial charge in [-0.25, -0.2) is 9.48 Å². The number of amides is 1. The van der Waals surface area contributed by atoms with Gasteiger partial charge in [0.1, 0.15) is 12.4 Å². The summed E-state index contributed by atoms with van der Waals surface area (Å²) in [6.07, 6.45) is 2.11. The van der Waals surface area contributed by atoms with Crippen LogP contribution >= 0.6 is 0 Å². The highest BCUT2D eigenvalue weighted by molar-refractivity contribution is 5.96. The second kappa shape index (κ2) is 6.79. The van der Waals surface area contributed by atoms with Crippen molar-refractivity contribution in [2.45, 2.75) is 26.3 Å². The van der Waals surface area contributed by atoms with Crippen LogP contribution in [0.5, 0.6) is 0 Å². The molecule has 0 aliphatic rings. The summed E-state index contributed by atoms with van der Waals surface area (Å²) in [5, 5.41) is 22.6. The van der Waals surface area contributed by atoms with Crippen molar-refractivity contribution >= 4 is 11.9 Å². The number of nitrogens with one attached hydrogen (secondary N) is 1. The Balaban J connectivity index is 2.11. The number of rotatable bonds is 6. The van der Waals surface area contributed by atoms with Gasteiger partial charge in [0.25, 0.3) is 5.91 Å². The molecular weight excluding hydrogens is 286 g/mol. The Morgan fingerprint density at radius 1 is 1.32 bits per heavy atom. The number of aliphatic carboxylic acids is 1. The summed E-state index contributed by atoms with van der Waals surface area (Å²) in [4.78, 5) is 23.4. The van der Waals surface area contributed by atoms with Crippen LogP contribution in [0.4, 0.5) is 0 Å². The lowest BCUT2D eigenvalue weighted by Crippen LogP contribution is -2.45. The Hall–Kier alpha value is -2.77. The number of carbonyl (C=O) groups is 2. The molecule has 116 valence electrons. The van der Waals surface area contributed by atoms with Crippen LogP contribution in [-0.2, 0) is 4.79 Å².